The SMILES string of the molecule is N#CN1CCC(NC(=O)c2cccc(C(F)(F)F)c2)CC1. The molecule has 1 aromatic carbocycles. The minimum Gasteiger partial charge on any atom is -0.349 e. The number of benzene rings is 1. The summed E-state index contributed by atoms with van der Waals surface area (Å²) in [5.41, 5.74) is -0.845. The zero-order valence-electron chi connectivity index (χ0n) is 11.2. The maximum atomic E-state index is 12.6. The van der Waals surface area contributed by atoms with Crippen molar-refractivity contribution in [3.8, 4) is 6.19 Å². The van der Waals surface area contributed by atoms with Gasteiger partial charge in [-0.1, -0.05) is 6.07 Å². The van der Waals surface area contributed by atoms with Gasteiger partial charge < -0.3 is 10.2 Å². The molecule has 21 heavy (non-hydrogen) atoms. The number of rotatable bonds is 2. The summed E-state index contributed by atoms with van der Waals surface area (Å²) in [6.07, 6.45) is -1.22. The third-order valence-corrected chi connectivity index (χ3v) is 3.42. The highest BCUT2D eigenvalue weighted by atomic mass is 19.4. The Hall–Kier alpha value is -2.23. The average molecular weight is 297 g/mol. The standard InChI is InChI=1S/C14H14F3N3O/c15-14(16,17)11-3-1-2-10(8-11)13(21)19-12-4-6-20(9-18)7-5-12/h1-3,8,12H,4-7H2,(H,19,21). The van der Waals surface area contributed by atoms with Crippen LogP contribution in [0.15, 0.2) is 24.3 Å². The number of nitrogens with zero attached hydrogens (tertiary/aromatic N) is 2. The number of carbonyl (C=O) groups is 1. The molecule has 0 spiro atoms. The minimum absolute atomic E-state index is 0.00691. The summed E-state index contributed by atoms with van der Waals surface area (Å²) < 4.78 is 37.8. The molecule has 1 aliphatic rings. The maximum absolute atomic E-state index is 12.6. The van der Waals surface area contributed by atoms with Crippen molar-refractivity contribution in [2.24, 2.45) is 0 Å². The number of hydrogen-bond acceptors (Lipinski definition) is 3. The van der Waals surface area contributed by atoms with Crippen LogP contribution in [0.5, 0.6) is 0 Å². The Kier molecular flexibility index (Phi) is 4.36. The van der Waals surface area contributed by atoms with Crippen LogP contribution in [0.1, 0.15) is 28.8 Å². The molecule has 1 heterocycles. The molecular formula is C14H14F3N3O. The van der Waals surface area contributed by atoms with Gasteiger partial charge >= 0.3 is 6.18 Å². The number of alkyl halides is 3. The largest absolute Gasteiger partial charge is 0.416 e. The van der Waals surface area contributed by atoms with Crippen LogP contribution in [-0.4, -0.2) is 29.9 Å². The van der Waals surface area contributed by atoms with Gasteiger partial charge in [-0.05, 0) is 31.0 Å². The average Bonchev–Trinajstić information content (AvgIpc) is 2.47. The van der Waals surface area contributed by atoms with Crippen LogP contribution in [0.25, 0.3) is 0 Å². The molecule has 2 rings (SSSR count). The quantitative estimate of drug-likeness (QED) is 0.853. The zero-order chi connectivity index (χ0) is 15.5. The topological polar surface area (TPSA) is 56.1 Å². The van der Waals surface area contributed by atoms with Gasteiger partial charge in [0.25, 0.3) is 5.91 Å². The summed E-state index contributed by atoms with van der Waals surface area (Å²) in [6.45, 7) is 1.09. The number of amides is 1. The molecule has 112 valence electrons. The van der Waals surface area contributed by atoms with Gasteiger partial charge in [0.2, 0.25) is 0 Å². The Morgan fingerprint density at radius 1 is 1.33 bits per heavy atom. The fourth-order valence-electron chi connectivity index (χ4n) is 2.23. The van der Waals surface area contributed by atoms with Gasteiger partial charge in [0, 0.05) is 24.7 Å². The van der Waals surface area contributed by atoms with Gasteiger partial charge in [-0.15, -0.1) is 0 Å². The number of nitriles is 1. The predicted octanol–water partition coefficient (Wildman–Crippen LogP) is 2.38. The van der Waals surface area contributed by atoms with Crippen LogP contribution in [-0.2, 0) is 6.18 Å². The molecule has 1 N–H and O–H groups in total. The number of halogens is 3. The summed E-state index contributed by atoms with van der Waals surface area (Å²) in [7, 11) is 0. The van der Waals surface area contributed by atoms with E-state index in [1.165, 1.54) is 12.1 Å². The van der Waals surface area contributed by atoms with Crippen molar-refractivity contribution in [2.75, 3.05) is 13.1 Å². The van der Waals surface area contributed by atoms with E-state index >= 15 is 0 Å². The van der Waals surface area contributed by atoms with E-state index in [1.54, 1.807) is 4.90 Å². The maximum Gasteiger partial charge on any atom is 0.416 e. The first-order valence-corrected chi connectivity index (χ1v) is 6.53. The van der Waals surface area contributed by atoms with Crippen molar-refractivity contribution in [2.45, 2.75) is 25.1 Å². The fraction of sp³-hybridized carbons (Fsp3) is 0.429. The molecule has 0 bridgehead atoms. The molecular weight excluding hydrogens is 283 g/mol. The van der Waals surface area contributed by atoms with E-state index in [4.69, 9.17) is 5.26 Å². The van der Waals surface area contributed by atoms with E-state index in [1.807, 2.05) is 6.19 Å². The Morgan fingerprint density at radius 3 is 2.57 bits per heavy atom. The van der Waals surface area contributed by atoms with Crippen molar-refractivity contribution in [1.82, 2.24) is 10.2 Å². The molecule has 0 aliphatic carbocycles. The van der Waals surface area contributed by atoms with Crippen molar-refractivity contribution < 1.29 is 18.0 Å². The third-order valence-electron chi connectivity index (χ3n) is 3.42. The molecule has 1 aromatic rings. The Bertz CT molecular complexity index is 557. The molecule has 0 aromatic heterocycles. The van der Waals surface area contributed by atoms with E-state index in [9.17, 15) is 18.0 Å². The molecule has 4 nitrogen and oxygen atoms in total. The molecule has 1 saturated heterocycles. The van der Waals surface area contributed by atoms with Crippen LogP contribution < -0.4 is 5.32 Å². The molecule has 7 heteroatoms. The smallest absolute Gasteiger partial charge is 0.349 e. The summed E-state index contributed by atoms with van der Waals surface area (Å²) in [6, 6.07) is 4.24. The minimum atomic E-state index is -4.46. The van der Waals surface area contributed by atoms with Gasteiger partial charge in [-0.25, -0.2) is 0 Å². The Labute approximate surface area is 120 Å². The van der Waals surface area contributed by atoms with E-state index in [0.717, 1.165) is 12.1 Å². The van der Waals surface area contributed by atoms with Crippen molar-refractivity contribution in [3.05, 3.63) is 35.4 Å². The molecule has 1 fully saturated rings. The predicted molar refractivity (Wildman–Crippen MR) is 69.1 cm³/mol. The lowest BCUT2D eigenvalue weighted by molar-refractivity contribution is -0.137. The van der Waals surface area contributed by atoms with E-state index < -0.39 is 17.6 Å². The molecule has 1 amide bonds. The summed E-state index contributed by atoms with van der Waals surface area (Å²) in [5, 5.41) is 11.4. The highest BCUT2D eigenvalue weighted by Crippen LogP contribution is 2.29. The van der Waals surface area contributed by atoms with E-state index in [-0.39, 0.29) is 11.6 Å². The number of piperidine rings is 1. The lowest BCUT2D eigenvalue weighted by atomic mass is 10.0. The second-order valence-electron chi connectivity index (χ2n) is 4.91. The first-order valence-electron chi connectivity index (χ1n) is 6.53. The lowest BCUT2D eigenvalue weighted by Crippen LogP contribution is -2.43. The van der Waals surface area contributed by atoms with Crippen LogP contribution in [0.2, 0.25) is 0 Å². The number of likely N-dealkylation sites (tertiary alicyclic amines) is 1. The molecule has 0 saturated carbocycles. The van der Waals surface area contributed by atoms with Crippen molar-refractivity contribution >= 4 is 5.91 Å². The summed E-state index contributed by atoms with van der Waals surface area (Å²) in [5.74, 6) is -0.517. The lowest BCUT2D eigenvalue weighted by Gasteiger charge is -2.28. The van der Waals surface area contributed by atoms with E-state index in [2.05, 4.69) is 5.32 Å². The molecule has 0 radical (unpaired) electrons. The van der Waals surface area contributed by atoms with Gasteiger partial charge in [-0.3, -0.25) is 4.79 Å². The van der Waals surface area contributed by atoms with Crippen LogP contribution in [0.4, 0.5) is 13.2 Å². The second kappa shape index (κ2) is 6.04. The Balaban J connectivity index is 2.00. The van der Waals surface area contributed by atoms with Gasteiger partial charge in [-0.2, -0.15) is 18.4 Å². The highest BCUT2D eigenvalue weighted by molar-refractivity contribution is 5.94. The first kappa shape index (κ1) is 15.2. The van der Waals surface area contributed by atoms with Crippen molar-refractivity contribution in [3.63, 3.8) is 0 Å². The zero-order valence-corrected chi connectivity index (χ0v) is 11.2. The van der Waals surface area contributed by atoms with Crippen LogP contribution in [0.3, 0.4) is 0 Å². The van der Waals surface area contributed by atoms with Gasteiger partial charge in [0.05, 0.1) is 5.56 Å². The first-order chi connectivity index (χ1) is 9.90. The monoisotopic (exact) mass is 297 g/mol. The van der Waals surface area contributed by atoms with Gasteiger partial charge in [0.1, 0.15) is 0 Å². The van der Waals surface area contributed by atoms with Crippen LogP contribution >= 0.6 is 0 Å². The molecule has 0 atom stereocenters. The number of hydrogen-bond donors (Lipinski definition) is 1. The fourth-order valence-corrected chi connectivity index (χ4v) is 2.23. The van der Waals surface area contributed by atoms with E-state index in [0.29, 0.717) is 25.9 Å². The van der Waals surface area contributed by atoms with Crippen molar-refractivity contribution in [1.29, 1.82) is 5.26 Å². The molecule has 1 aliphatic heterocycles. The van der Waals surface area contributed by atoms with Crippen LogP contribution in [0, 0.1) is 11.5 Å². The number of carbonyl (C=O) groups excluding carboxylic acids is 1. The van der Waals surface area contributed by atoms with Gasteiger partial charge in [0.15, 0.2) is 6.19 Å². The number of nitrogens with one attached hydrogen (secondary N) is 1. The summed E-state index contributed by atoms with van der Waals surface area (Å²) in [4.78, 5) is 13.6. The molecule has 0 unspecified atom stereocenters. The normalized spacial score (nSPS) is 16.4. The summed E-state index contributed by atoms with van der Waals surface area (Å²) >= 11 is 0. The third kappa shape index (κ3) is 3.88. The Morgan fingerprint density at radius 2 is 2.00 bits per heavy atom. The second-order valence-corrected chi connectivity index (χ2v) is 4.91. The highest BCUT2D eigenvalue weighted by Gasteiger charge is 2.31.